The molecule has 0 fully saturated rings. The van der Waals surface area contributed by atoms with Crippen LogP contribution >= 0.6 is 0 Å². The van der Waals surface area contributed by atoms with Crippen LogP contribution in [0, 0.1) is 6.92 Å². The molecular weight excluding hydrogens is 584 g/mol. The largest absolute Gasteiger partial charge is 0.494 e. The highest BCUT2D eigenvalue weighted by molar-refractivity contribution is 7.91. The highest BCUT2D eigenvalue weighted by atomic mass is 32.2. The minimum absolute atomic E-state index is 0.0724. The summed E-state index contributed by atoms with van der Waals surface area (Å²) in [7, 11) is -2.03. The third-order valence-electron chi connectivity index (χ3n) is 7.79. The second-order valence-corrected chi connectivity index (χ2v) is 13.3. The molecule has 0 unspecified atom stereocenters. The Kier molecular flexibility index (Phi) is 10.5. The molecule has 0 radical (unpaired) electrons. The number of nitrogens with one attached hydrogen (secondary N) is 1. The predicted octanol–water partition coefficient (Wildman–Crippen LogP) is 7.39. The van der Waals surface area contributed by atoms with Crippen LogP contribution in [0.5, 0.6) is 17.2 Å². The summed E-state index contributed by atoms with van der Waals surface area (Å²) in [4.78, 5) is 0.636. The number of nitrogens with zero attached hydrogens (tertiary/aromatic N) is 1. The predicted molar refractivity (Wildman–Crippen MR) is 179 cm³/mol. The lowest BCUT2D eigenvalue weighted by molar-refractivity contribution is 0.282. The van der Waals surface area contributed by atoms with E-state index in [1.54, 1.807) is 31.4 Å². The Balaban J connectivity index is 1.08. The molecule has 0 saturated carbocycles. The third-order valence-corrected chi connectivity index (χ3v) is 9.67. The maximum atomic E-state index is 13.7. The van der Waals surface area contributed by atoms with E-state index in [-0.39, 0.29) is 10.8 Å². The minimum Gasteiger partial charge on any atom is -0.494 e. The van der Waals surface area contributed by atoms with E-state index in [1.165, 1.54) is 5.56 Å². The molecule has 8 heteroatoms. The van der Waals surface area contributed by atoms with Crippen molar-refractivity contribution in [3.05, 3.63) is 120 Å². The fraction of sp³-hybridized carbons (Fsp3) is 0.297. The lowest BCUT2D eigenvalue weighted by atomic mass is 10.1. The molecule has 7 nitrogen and oxygen atoms in total. The Morgan fingerprint density at radius 2 is 1.62 bits per heavy atom. The smallest absolute Gasteiger partial charge is 0.209 e. The minimum atomic E-state index is -3.70. The Labute approximate surface area is 266 Å². The van der Waals surface area contributed by atoms with Gasteiger partial charge in [0.25, 0.3) is 0 Å². The first-order chi connectivity index (χ1) is 21.8. The van der Waals surface area contributed by atoms with E-state index in [0.29, 0.717) is 29.4 Å². The fourth-order valence-electron chi connectivity index (χ4n) is 5.42. The summed E-state index contributed by atoms with van der Waals surface area (Å²) in [6.45, 7) is 8.73. The van der Waals surface area contributed by atoms with Gasteiger partial charge in [-0.3, -0.25) is 0 Å². The van der Waals surface area contributed by atoms with E-state index < -0.39 is 9.84 Å². The zero-order valence-electron chi connectivity index (χ0n) is 26.5. The zero-order valence-corrected chi connectivity index (χ0v) is 27.3. The molecule has 0 spiro atoms. The highest BCUT2D eigenvalue weighted by Crippen LogP contribution is 2.35. The number of ether oxygens (including phenoxy) is 3. The first-order valence-electron chi connectivity index (χ1n) is 15.4. The van der Waals surface area contributed by atoms with Gasteiger partial charge >= 0.3 is 0 Å². The Morgan fingerprint density at radius 1 is 0.867 bits per heavy atom. The van der Waals surface area contributed by atoms with Gasteiger partial charge in [0.05, 0.1) is 24.1 Å². The third kappa shape index (κ3) is 7.70. The van der Waals surface area contributed by atoms with E-state index in [2.05, 4.69) is 11.4 Å². The van der Waals surface area contributed by atoms with Crippen molar-refractivity contribution >= 4 is 15.4 Å². The summed E-state index contributed by atoms with van der Waals surface area (Å²) in [5.41, 5.74) is 4.85. The van der Waals surface area contributed by atoms with Crippen LogP contribution in [0.1, 0.15) is 48.4 Å². The molecule has 2 aromatic heterocycles. The highest BCUT2D eigenvalue weighted by Gasteiger charge is 2.27. The number of fused-ring (bicyclic) bond motifs is 1. The van der Waals surface area contributed by atoms with Crippen molar-refractivity contribution in [2.24, 2.45) is 0 Å². The fourth-order valence-corrected chi connectivity index (χ4v) is 7.20. The van der Waals surface area contributed by atoms with Crippen molar-refractivity contribution in [1.82, 2.24) is 9.72 Å². The zero-order chi connectivity index (χ0) is 31.8. The molecule has 1 N–H and O–H groups in total. The molecule has 0 saturated heterocycles. The second-order valence-electron chi connectivity index (χ2n) is 11.5. The summed E-state index contributed by atoms with van der Waals surface area (Å²) in [5.74, 6) is 2.25. The SMILES string of the molecule is COc1cc(CCNCCCOc2ccc(S(=O)(=O)c3c(C(C)C)cn4ccccc34)cc2)cc(C)c1OCc1ccccc1. The Bertz CT molecular complexity index is 1810. The van der Waals surface area contributed by atoms with E-state index in [9.17, 15) is 8.42 Å². The van der Waals surface area contributed by atoms with E-state index in [1.807, 2.05) is 92.2 Å². The average Bonchev–Trinajstić information content (AvgIpc) is 3.45. The van der Waals surface area contributed by atoms with Crippen LogP contribution in [0.4, 0.5) is 0 Å². The molecule has 0 aliphatic rings. The van der Waals surface area contributed by atoms with Crippen LogP contribution in [-0.4, -0.2) is 39.6 Å². The number of hydrogen-bond donors (Lipinski definition) is 1. The van der Waals surface area contributed by atoms with Crippen LogP contribution in [0.25, 0.3) is 5.52 Å². The molecule has 0 aliphatic heterocycles. The van der Waals surface area contributed by atoms with Gasteiger partial charge in [0.2, 0.25) is 9.84 Å². The van der Waals surface area contributed by atoms with Crippen molar-refractivity contribution < 1.29 is 22.6 Å². The maximum absolute atomic E-state index is 13.7. The number of aryl methyl sites for hydroxylation is 1. The summed E-state index contributed by atoms with van der Waals surface area (Å²) >= 11 is 0. The molecule has 5 rings (SSSR count). The monoisotopic (exact) mass is 626 g/mol. The number of pyridine rings is 1. The van der Waals surface area contributed by atoms with Gasteiger partial charge in [0.15, 0.2) is 11.5 Å². The number of rotatable bonds is 15. The molecule has 3 aromatic carbocycles. The molecule has 0 bridgehead atoms. The van der Waals surface area contributed by atoms with Gasteiger partial charge < -0.3 is 23.9 Å². The normalized spacial score (nSPS) is 11.7. The standard InChI is InChI=1S/C37H42N2O5S/c1-27(2)33-25-39-21-9-8-13-34(39)37(33)45(40,41)32-16-14-31(15-17-32)43-22-10-19-38-20-18-30-23-28(3)36(35(24-30)42-4)44-26-29-11-6-5-7-12-29/h5-9,11-17,21,23-25,27,38H,10,18-20,22,26H2,1-4H3. The molecule has 2 heterocycles. The molecule has 45 heavy (non-hydrogen) atoms. The lowest BCUT2D eigenvalue weighted by Gasteiger charge is -2.15. The van der Waals surface area contributed by atoms with Gasteiger partial charge in [-0.25, -0.2) is 8.42 Å². The van der Waals surface area contributed by atoms with E-state index in [0.717, 1.165) is 54.1 Å². The first-order valence-corrected chi connectivity index (χ1v) is 16.9. The number of methoxy groups -OCH3 is 1. The number of hydrogen-bond acceptors (Lipinski definition) is 6. The molecule has 0 amide bonds. The van der Waals surface area contributed by atoms with Crippen LogP contribution < -0.4 is 19.5 Å². The van der Waals surface area contributed by atoms with Gasteiger partial charge in [-0.1, -0.05) is 56.3 Å². The Hall–Kier alpha value is -4.27. The molecular formula is C37H42N2O5S. The lowest BCUT2D eigenvalue weighted by Crippen LogP contribution is -2.20. The van der Waals surface area contributed by atoms with Gasteiger partial charge in [-0.05, 0) is 103 Å². The summed E-state index contributed by atoms with van der Waals surface area (Å²) in [5, 5.41) is 3.48. The van der Waals surface area contributed by atoms with E-state index in [4.69, 9.17) is 14.2 Å². The number of aromatic nitrogens is 1. The number of sulfone groups is 1. The van der Waals surface area contributed by atoms with Gasteiger partial charge in [0, 0.05) is 12.4 Å². The molecule has 0 atom stereocenters. The maximum Gasteiger partial charge on any atom is 0.209 e. The average molecular weight is 627 g/mol. The topological polar surface area (TPSA) is 78.3 Å². The summed E-state index contributed by atoms with van der Waals surface area (Å²) < 4.78 is 46.9. The second kappa shape index (κ2) is 14.7. The Morgan fingerprint density at radius 3 is 2.36 bits per heavy atom. The van der Waals surface area contributed by atoms with Crippen molar-refractivity contribution in [2.75, 3.05) is 26.8 Å². The van der Waals surface area contributed by atoms with Crippen molar-refractivity contribution in [2.45, 2.75) is 55.9 Å². The van der Waals surface area contributed by atoms with E-state index >= 15 is 0 Å². The quantitative estimate of drug-likeness (QED) is 0.122. The van der Waals surface area contributed by atoms with Crippen LogP contribution in [0.15, 0.2) is 107 Å². The number of benzene rings is 3. The van der Waals surface area contributed by atoms with Gasteiger partial charge in [-0.2, -0.15) is 0 Å². The van der Waals surface area contributed by atoms with Crippen molar-refractivity contribution in [3.8, 4) is 17.2 Å². The molecule has 5 aromatic rings. The van der Waals surface area contributed by atoms with Crippen molar-refractivity contribution in [1.29, 1.82) is 0 Å². The summed E-state index contributed by atoms with van der Waals surface area (Å²) in [6.07, 6.45) is 5.48. The molecule has 236 valence electrons. The van der Waals surface area contributed by atoms with Gasteiger partial charge in [0.1, 0.15) is 17.3 Å². The van der Waals surface area contributed by atoms with Crippen LogP contribution in [-0.2, 0) is 22.9 Å². The van der Waals surface area contributed by atoms with Gasteiger partial charge in [-0.15, -0.1) is 0 Å². The van der Waals surface area contributed by atoms with Crippen LogP contribution in [0.2, 0.25) is 0 Å². The first kappa shape index (κ1) is 32.1. The van der Waals surface area contributed by atoms with Crippen LogP contribution in [0.3, 0.4) is 0 Å². The summed E-state index contributed by atoms with van der Waals surface area (Å²) in [6, 6.07) is 26.6. The van der Waals surface area contributed by atoms with Crippen molar-refractivity contribution in [3.63, 3.8) is 0 Å². The molecule has 0 aliphatic carbocycles.